The van der Waals surface area contributed by atoms with E-state index < -0.39 is 37.1 Å². The van der Waals surface area contributed by atoms with Crippen molar-refractivity contribution in [2.45, 2.75) is 50.3 Å². The number of aliphatic hydroxyl groups excluding tert-OH is 4. The molecule has 4 rings (SSSR count). The number of rotatable bonds is 5. The topological polar surface area (TPSA) is 103 Å². The molecule has 6 nitrogen and oxygen atoms in total. The normalized spacial score (nSPS) is 27.4. The van der Waals surface area contributed by atoms with Crippen LogP contribution in [0.3, 0.4) is 0 Å². The molecular weight excluding hydrogens is 390 g/mol. The van der Waals surface area contributed by atoms with Crippen LogP contribution in [0, 0.1) is 0 Å². The summed E-state index contributed by atoms with van der Waals surface area (Å²) in [6.45, 7) is 1.66. The molecule has 4 N–H and O–H groups in total. The van der Waals surface area contributed by atoms with Crippen molar-refractivity contribution >= 4 is 22.1 Å². The SMILES string of the molecule is CCc1cnc(Cc2cc([C@@H]3O[C@H](CO)[C@@H](O)[C@H](O)[C@H]3O)cc3ccccc23)s1. The van der Waals surface area contributed by atoms with Gasteiger partial charge in [0.25, 0.3) is 0 Å². The number of thiazole rings is 1. The first-order valence-electron chi connectivity index (χ1n) is 9.77. The Morgan fingerprint density at radius 2 is 1.86 bits per heavy atom. The molecule has 29 heavy (non-hydrogen) atoms. The third kappa shape index (κ3) is 3.94. The maximum Gasteiger partial charge on any atom is 0.113 e. The zero-order valence-corrected chi connectivity index (χ0v) is 16.9. The van der Waals surface area contributed by atoms with Gasteiger partial charge in [-0.1, -0.05) is 37.3 Å². The molecular formula is C22H25NO5S. The molecule has 7 heteroatoms. The Balaban J connectivity index is 1.75. The molecule has 3 aromatic rings. The van der Waals surface area contributed by atoms with Gasteiger partial charge in [0.05, 0.1) is 11.6 Å². The largest absolute Gasteiger partial charge is 0.394 e. The second-order valence-electron chi connectivity index (χ2n) is 7.40. The van der Waals surface area contributed by atoms with Crippen molar-refractivity contribution in [3.63, 3.8) is 0 Å². The number of hydrogen-bond donors (Lipinski definition) is 4. The molecule has 0 saturated carbocycles. The molecule has 2 aromatic carbocycles. The van der Waals surface area contributed by atoms with E-state index in [0.29, 0.717) is 12.0 Å². The van der Waals surface area contributed by atoms with E-state index in [-0.39, 0.29) is 0 Å². The summed E-state index contributed by atoms with van der Waals surface area (Å²) >= 11 is 1.69. The van der Waals surface area contributed by atoms with Crippen LogP contribution in [0.5, 0.6) is 0 Å². The van der Waals surface area contributed by atoms with Gasteiger partial charge in [0.15, 0.2) is 0 Å². The van der Waals surface area contributed by atoms with Gasteiger partial charge in [-0.15, -0.1) is 11.3 Å². The summed E-state index contributed by atoms with van der Waals surface area (Å²) in [4.78, 5) is 5.76. The molecule has 0 radical (unpaired) electrons. The molecule has 0 amide bonds. The Morgan fingerprint density at radius 3 is 2.59 bits per heavy atom. The van der Waals surface area contributed by atoms with Crippen molar-refractivity contribution < 1.29 is 25.2 Å². The average Bonchev–Trinajstić information content (AvgIpc) is 3.20. The van der Waals surface area contributed by atoms with Crippen molar-refractivity contribution in [2.24, 2.45) is 0 Å². The van der Waals surface area contributed by atoms with Crippen LogP contribution < -0.4 is 0 Å². The molecule has 1 aliphatic heterocycles. The Hall–Kier alpha value is -1.87. The van der Waals surface area contributed by atoms with Gasteiger partial charge in [-0.25, -0.2) is 4.98 Å². The van der Waals surface area contributed by atoms with Crippen molar-refractivity contribution in [1.29, 1.82) is 0 Å². The number of ether oxygens (including phenoxy) is 1. The summed E-state index contributed by atoms with van der Waals surface area (Å²) in [5, 5.41) is 43.4. The van der Waals surface area contributed by atoms with Crippen molar-refractivity contribution in [1.82, 2.24) is 4.98 Å². The number of aryl methyl sites for hydroxylation is 1. The fraction of sp³-hybridized carbons (Fsp3) is 0.409. The second-order valence-corrected chi connectivity index (χ2v) is 8.60. The molecule has 0 bridgehead atoms. The molecule has 0 aliphatic carbocycles. The Kier molecular flexibility index (Phi) is 5.96. The lowest BCUT2D eigenvalue weighted by Crippen LogP contribution is -2.55. The first-order chi connectivity index (χ1) is 14.0. The van der Waals surface area contributed by atoms with Crippen LogP contribution in [-0.4, -0.2) is 56.4 Å². The minimum atomic E-state index is -1.40. The zero-order chi connectivity index (χ0) is 20.5. The van der Waals surface area contributed by atoms with Gasteiger partial charge in [0, 0.05) is 17.5 Å². The van der Waals surface area contributed by atoms with Crippen molar-refractivity contribution in [2.75, 3.05) is 6.61 Å². The quantitative estimate of drug-likeness (QED) is 0.508. The predicted octanol–water partition coefficient (Wildman–Crippen LogP) is 1.96. The lowest BCUT2D eigenvalue weighted by Gasteiger charge is -2.40. The van der Waals surface area contributed by atoms with Gasteiger partial charge in [-0.3, -0.25) is 0 Å². The van der Waals surface area contributed by atoms with E-state index in [4.69, 9.17) is 4.74 Å². The third-order valence-corrected chi connectivity index (χ3v) is 6.62. The number of hydrogen-bond acceptors (Lipinski definition) is 7. The minimum Gasteiger partial charge on any atom is -0.394 e. The van der Waals surface area contributed by atoms with E-state index in [9.17, 15) is 20.4 Å². The molecule has 1 aromatic heterocycles. The highest BCUT2D eigenvalue weighted by Crippen LogP contribution is 2.35. The van der Waals surface area contributed by atoms with Crippen LogP contribution >= 0.6 is 11.3 Å². The molecule has 5 atom stereocenters. The lowest BCUT2D eigenvalue weighted by molar-refractivity contribution is -0.231. The Morgan fingerprint density at radius 1 is 1.07 bits per heavy atom. The highest BCUT2D eigenvalue weighted by Gasteiger charge is 2.44. The highest BCUT2D eigenvalue weighted by molar-refractivity contribution is 7.11. The lowest BCUT2D eigenvalue weighted by atomic mass is 9.88. The smallest absolute Gasteiger partial charge is 0.113 e. The monoisotopic (exact) mass is 415 g/mol. The van der Waals surface area contributed by atoms with Crippen LogP contribution in [0.15, 0.2) is 42.6 Å². The highest BCUT2D eigenvalue weighted by atomic mass is 32.1. The average molecular weight is 416 g/mol. The summed E-state index contributed by atoms with van der Waals surface area (Å²) < 4.78 is 5.77. The molecule has 1 aliphatic rings. The molecule has 2 heterocycles. The van der Waals surface area contributed by atoms with E-state index in [1.807, 2.05) is 36.5 Å². The summed E-state index contributed by atoms with van der Waals surface area (Å²) in [5.41, 5.74) is 1.75. The number of aromatic nitrogens is 1. The number of nitrogens with zero attached hydrogens (tertiary/aromatic N) is 1. The maximum atomic E-state index is 10.5. The molecule has 154 valence electrons. The van der Waals surface area contributed by atoms with Gasteiger partial charge < -0.3 is 25.2 Å². The van der Waals surface area contributed by atoms with Crippen LogP contribution in [0.1, 0.15) is 34.0 Å². The number of fused-ring (bicyclic) bond motifs is 1. The van der Waals surface area contributed by atoms with Crippen molar-refractivity contribution in [3.8, 4) is 0 Å². The van der Waals surface area contributed by atoms with E-state index in [2.05, 4.69) is 18.0 Å². The Bertz CT molecular complexity index is 988. The van der Waals surface area contributed by atoms with Crippen molar-refractivity contribution in [3.05, 3.63) is 63.6 Å². The van der Waals surface area contributed by atoms with E-state index in [1.54, 1.807) is 11.3 Å². The molecule has 0 unspecified atom stereocenters. The fourth-order valence-corrected chi connectivity index (χ4v) is 4.74. The predicted molar refractivity (Wildman–Crippen MR) is 111 cm³/mol. The third-order valence-electron chi connectivity index (χ3n) is 5.48. The van der Waals surface area contributed by atoms with Gasteiger partial charge in [0.2, 0.25) is 0 Å². The van der Waals surface area contributed by atoms with E-state index >= 15 is 0 Å². The summed E-state index contributed by atoms with van der Waals surface area (Å²) in [7, 11) is 0. The summed E-state index contributed by atoms with van der Waals surface area (Å²) in [5.74, 6) is 0. The first-order valence-corrected chi connectivity index (χ1v) is 10.6. The van der Waals surface area contributed by atoms with Gasteiger partial charge in [0.1, 0.15) is 30.5 Å². The van der Waals surface area contributed by atoms with Crippen LogP contribution in [0.4, 0.5) is 0 Å². The zero-order valence-electron chi connectivity index (χ0n) is 16.1. The van der Waals surface area contributed by atoms with Gasteiger partial charge in [-0.2, -0.15) is 0 Å². The van der Waals surface area contributed by atoms with E-state index in [1.165, 1.54) is 4.88 Å². The van der Waals surface area contributed by atoms with Crippen LogP contribution in [-0.2, 0) is 17.6 Å². The maximum absolute atomic E-state index is 10.5. The Labute approximate surface area is 173 Å². The summed E-state index contributed by atoms with van der Waals surface area (Å²) in [6.07, 6.45) is -2.34. The molecule has 1 fully saturated rings. The van der Waals surface area contributed by atoms with E-state index in [0.717, 1.165) is 27.8 Å². The standard InChI is InChI=1S/C22H25NO5S/c1-2-15-10-23-18(29-15)9-13-8-14(7-12-5-3-4-6-16(12)13)22-21(27)20(26)19(25)17(11-24)28-22/h3-8,10,17,19-22,24-27H,2,9,11H2,1H3/t17-,19-,20+,21-,22+/m1/s1. The van der Waals surface area contributed by atoms with Gasteiger partial charge in [-0.05, 0) is 34.4 Å². The second kappa shape index (κ2) is 8.47. The van der Waals surface area contributed by atoms with Gasteiger partial charge >= 0.3 is 0 Å². The number of benzene rings is 2. The fourth-order valence-electron chi connectivity index (χ4n) is 3.86. The summed E-state index contributed by atoms with van der Waals surface area (Å²) in [6, 6.07) is 11.9. The van der Waals surface area contributed by atoms with Crippen LogP contribution in [0.25, 0.3) is 10.8 Å². The van der Waals surface area contributed by atoms with Crippen LogP contribution in [0.2, 0.25) is 0 Å². The minimum absolute atomic E-state index is 0.444. The molecule has 0 spiro atoms. The number of aliphatic hydroxyl groups is 4. The first kappa shape index (κ1) is 20.4. The molecule has 1 saturated heterocycles.